The van der Waals surface area contributed by atoms with Crippen LogP contribution in [0.4, 0.5) is 5.95 Å². The SMILES string of the molecule is Cc1cc(Oc2nc(N)nc3[nH]ncc23)cc(C)c1Cl. The van der Waals surface area contributed by atoms with Crippen LogP contribution in [0, 0.1) is 13.8 Å². The summed E-state index contributed by atoms with van der Waals surface area (Å²) in [5, 5.41) is 8.05. The zero-order valence-corrected chi connectivity index (χ0v) is 11.7. The number of fused-ring (bicyclic) bond motifs is 1. The van der Waals surface area contributed by atoms with Crippen LogP contribution < -0.4 is 10.5 Å². The number of anilines is 1. The maximum absolute atomic E-state index is 6.14. The number of aromatic amines is 1. The fourth-order valence-corrected chi connectivity index (χ4v) is 2.09. The third kappa shape index (κ3) is 2.14. The lowest BCUT2D eigenvalue weighted by Crippen LogP contribution is -1.98. The fourth-order valence-electron chi connectivity index (χ4n) is 1.98. The van der Waals surface area contributed by atoms with Gasteiger partial charge >= 0.3 is 0 Å². The fraction of sp³-hybridized carbons (Fsp3) is 0.154. The van der Waals surface area contributed by atoms with Crippen LogP contribution in [0.3, 0.4) is 0 Å². The Bertz CT molecular complexity index is 776. The number of rotatable bonds is 2. The topological polar surface area (TPSA) is 89.7 Å². The molecule has 0 amide bonds. The lowest BCUT2D eigenvalue weighted by molar-refractivity contribution is 0.468. The minimum absolute atomic E-state index is 0.124. The third-order valence-electron chi connectivity index (χ3n) is 2.92. The van der Waals surface area contributed by atoms with E-state index >= 15 is 0 Å². The van der Waals surface area contributed by atoms with Crippen LogP contribution in [-0.2, 0) is 0 Å². The first-order chi connectivity index (χ1) is 9.54. The molecule has 0 aliphatic rings. The van der Waals surface area contributed by atoms with Crippen LogP contribution in [0.2, 0.25) is 5.02 Å². The third-order valence-corrected chi connectivity index (χ3v) is 3.51. The molecule has 3 rings (SSSR count). The number of hydrogen-bond donors (Lipinski definition) is 2. The van der Waals surface area contributed by atoms with E-state index in [1.165, 1.54) is 0 Å². The maximum atomic E-state index is 6.14. The van der Waals surface area contributed by atoms with Crippen molar-refractivity contribution in [2.75, 3.05) is 5.73 Å². The zero-order valence-electron chi connectivity index (χ0n) is 10.9. The van der Waals surface area contributed by atoms with Gasteiger partial charge in [0, 0.05) is 5.02 Å². The first-order valence-corrected chi connectivity index (χ1v) is 6.33. The van der Waals surface area contributed by atoms with Gasteiger partial charge in [-0.05, 0) is 37.1 Å². The molecule has 0 unspecified atom stereocenters. The molecule has 0 spiro atoms. The summed E-state index contributed by atoms with van der Waals surface area (Å²) >= 11 is 6.14. The summed E-state index contributed by atoms with van der Waals surface area (Å²) in [6.45, 7) is 3.84. The second-order valence-electron chi connectivity index (χ2n) is 4.49. The number of nitrogens with two attached hydrogens (primary N) is 1. The summed E-state index contributed by atoms with van der Waals surface area (Å²) in [4.78, 5) is 8.14. The van der Waals surface area contributed by atoms with Gasteiger partial charge in [0.15, 0.2) is 5.65 Å². The van der Waals surface area contributed by atoms with E-state index < -0.39 is 0 Å². The van der Waals surface area contributed by atoms with Gasteiger partial charge in [-0.2, -0.15) is 15.1 Å². The van der Waals surface area contributed by atoms with Crippen LogP contribution in [-0.4, -0.2) is 20.2 Å². The molecule has 102 valence electrons. The summed E-state index contributed by atoms with van der Waals surface area (Å²) < 4.78 is 5.80. The molecule has 1 aromatic carbocycles. The van der Waals surface area contributed by atoms with Gasteiger partial charge in [-0.1, -0.05) is 11.6 Å². The van der Waals surface area contributed by atoms with Crippen molar-refractivity contribution in [3.8, 4) is 11.6 Å². The normalized spacial score (nSPS) is 10.9. The smallest absolute Gasteiger partial charge is 0.235 e. The lowest BCUT2D eigenvalue weighted by Gasteiger charge is -2.09. The molecule has 0 radical (unpaired) electrons. The number of benzene rings is 1. The number of hydrogen-bond acceptors (Lipinski definition) is 5. The van der Waals surface area contributed by atoms with Crippen LogP contribution in [0.25, 0.3) is 11.0 Å². The van der Waals surface area contributed by atoms with Gasteiger partial charge < -0.3 is 10.5 Å². The maximum Gasteiger partial charge on any atom is 0.235 e. The summed E-state index contributed by atoms with van der Waals surface area (Å²) in [6, 6.07) is 3.69. The standard InChI is InChI=1S/C13H12ClN5O/c1-6-3-8(4-7(2)10(6)14)20-12-9-5-16-19-11(9)17-13(15)18-12/h3-5H,1-2H3,(H3,15,16,17,18,19). The summed E-state index contributed by atoms with van der Waals surface area (Å²) in [5.41, 5.74) is 8.06. The Kier molecular flexibility index (Phi) is 2.94. The van der Waals surface area contributed by atoms with E-state index in [0.29, 0.717) is 22.7 Å². The number of ether oxygens (including phenoxy) is 1. The number of aryl methyl sites for hydroxylation is 2. The quantitative estimate of drug-likeness (QED) is 0.757. The molecule has 3 N–H and O–H groups in total. The first kappa shape index (κ1) is 12.7. The zero-order chi connectivity index (χ0) is 14.3. The van der Waals surface area contributed by atoms with Crippen molar-refractivity contribution in [2.45, 2.75) is 13.8 Å². The second kappa shape index (κ2) is 4.64. The van der Waals surface area contributed by atoms with Crippen molar-refractivity contribution >= 4 is 28.6 Å². The molecule has 2 heterocycles. The number of aromatic nitrogens is 4. The average Bonchev–Trinajstić information content (AvgIpc) is 2.84. The van der Waals surface area contributed by atoms with Gasteiger partial charge in [-0.3, -0.25) is 5.10 Å². The van der Waals surface area contributed by atoms with Crippen molar-refractivity contribution < 1.29 is 4.74 Å². The molecule has 6 nitrogen and oxygen atoms in total. The van der Waals surface area contributed by atoms with Gasteiger partial charge in [0.1, 0.15) is 11.1 Å². The van der Waals surface area contributed by atoms with Crippen LogP contribution >= 0.6 is 11.6 Å². The Morgan fingerprint density at radius 1 is 1.20 bits per heavy atom. The molecule has 0 fully saturated rings. The van der Waals surface area contributed by atoms with E-state index in [9.17, 15) is 0 Å². The minimum Gasteiger partial charge on any atom is -0.438 e. The molecule has 0 saturated carbocycles. The lowest BCUT2D eigenvalue weighted by atomic mass is 10.1. The molecule has 0 bridgehead atoms. The molecule has 7 heteroatoms. The highest BCUT2D eigenvalue weighted by Gasteiger charge is 2.11. The number of nitrogen functional groups attached to an aromatic ring is 1. The Balaban J connectivity index is 2.07. The van der Waals surface area contributed by atoms with Crippen molar-refractivity contribution in [3.05, 3.63) is 34.5 Å². The summed E-state index contributed by atoms with van der Waals surface area (Å²) in [7, 11) is 0. The highest BCUT2D eigenvalue weighted by atomic mass is 35.5. The number of halogens is 1. The Hall–Kier alpha value is -2.34. The van der Waals surface area contributed by atoms with E-state index in [0.717, 1.165) is 16.1 Å². The van der Waals surface area contributed by atoms with Crippen molar-refractivity contribution in [1.82, 2.24) is 20.2 Å². The van der Waals surface area contributed by atoms with Gasteiger partial charge in [0.2, 0.25) is 11.8 Å². The molecule has 0 atom stereocenters. The minimum atomic E-state index is 0.124. The van der Waals surface area contributed by atoms with E-state index in [1.54, 1.807) is 6.20 Å². The monoisotopic (exact) mass is 289 g/mol. The Labute approximate surface area is 119 Å². The first-order valence-electron chi connectivity index (χ1n) is 5.96. The van der Waals surface area contributed by atoms with E-state index in [1.807, 2.05) is 26.0 Å². The molecule has 20 heavy (non-hydrogen) atoms. The molecule has 3 aromatic rings. The number of nitrogens with zero attached hydrogens (tertiary/aromatic N) is 3. The van der Waals surface area contributed by atoms with Gasteiger partial charge in [0.25, 0.3) is 0 Å². The second-order valence-corrected chi connectivity index (χ2v) is 4.87. The average molecular weight is 290 g/mol. The largest absolute Gasteiger partial charge is 0.438 e. The van der Waals surface area contributed by atoms with Crippen molar-refractivity contribution in [1.29, 1.82) is 0 Å². The molecule has 2 aromatic heterocycles. The number of H-pyrrole nitrogens is 1. The molecule has 0 saturated heterocycles. The van der Waals surface area contributed by atoms with E-state index in [4.69, 9.17) is 22.1 Å². The van der Waals surface area contributed by atoms with Crippen LogP contribution in [0.1, 0.15) is 11.1 Å². The van der Waals surface area contributed by atoms with Gasteiger partial charge in [0.05, 0.1) is 6.20 Å². The predicted molar refractivity (Wildman–Crippen MR) is 77.1 cm³/mol. The van der Waals surface area contributed by atoms with Crippen LogP contribution in [0.15, 0.2) is 18.3 Å². The van der Waals surface area contributed by atoms with Crippen molar-refractivity contribution in [3.63, 3.8) is 0 Å². The molecule has 0 aliphatic heterocycles. The van der Waals surface area contributed by atoms with Gasteiger partial charge in [-0.15, -0.1) is 0 Å². The van der Waals surface area contributed by atoms with E-state index in [-0.39, 0.29) is 5.95 Å². The van der Waals surface area contributed by atoms with E-state index in [2.05, 4.69) is 20.2 Å². The predicted octanol–water partition coefficient (Wildman–Crippen LogP) is 3.00. The highest BCUT2D eigenvalue weighted by Crippen LogP contribution is 2.31. The molecular weight excluding hydrogens is 278 g/mol. The van der Waals surface area contributed by atoms with Crippen molar-refractivity contribution in [2.24, 2.45) is 0 Å². The Morgan fingerprint density at radius 3 is 2.60 bits per heavy atom. The molecule has 0 aliphatic carbocycles. The van der Waals surface area contributed by atoms with Crippen LogP contribution in [0.5, 0.6) is 11.6 Å². The number of nitrogens with one attached hydrogen (secondary N) is 1. The Morgan fingerprint density at radius 2 is 1.90 bits per heavy atom. The molecular formula is C13H12ClN5O. The summed E-state index contributed by atoms with van der Waals surface area (Å²) in [6.07, 6.45) is 1.60. The highest BCUT2D eigenvalue weighted by molar-refractivity contribution is 6.32. The summed E-state index contributed by atoms with van der Waals surface area (Å²) in [5.74, 6) is 1.13. The van der Waals surface area contributed by atoms with Gasteiger partial charge in [-0.25, -0.2) is 0 Å².